The summed E-state index contributed by atoms with van der Waals surface area (Å²) in [5.74, 6) is 2.13. The Hall–Kier alpha value is -8.74. The Labute approximate surface area is 366 Å². The van der Waals surface area contributed by atoms with Crippen molar-refractivity contribution in [1.82, 2.24) is 23.7 Å². The first-order chi connectivity index (χ1) is 31.8. The van der Waals surface area contributed by atoms with Crippen LogP contribution in [0.1, 0.15) is 0 Å². The van der Waals surface area contributed by atoms with Crippen molar-refractivity contribution in [3.8, 4) is 39.8 Å². The molecule has 5 aromatic heterocycles. The molecule has 9 aromatic carbocycles. The smallest absolute Gasteiger partial charge is 0.166 e. The van der Waals surface area contributed by atoms with Gasteiger partial charge in [-0.25, -0.2) is 9.97 Å². The van der Waals surface area contributed by atoms with E-state index in [1.807, 2.05) is 12.1 Å². The fraction of sp³-hybridized carbons (Fsp3) is 0. The van der Waals surface area contributed by atoms with Gasteiger partial charge >= 0.3 is 0 Å². The average molecular weight is 818 g/mol. The van der Waals surface area contributed by atoms with Crippen molar-refractivity contribution in [3.63, 3.8) is 0 Å². The van der Waals surface area contributed by atoms with Crippen LogP contribution in [0.25, 0.3) is 127 Å². The van der Waals surface area contributed by atoms with Gasteiger partial charge in [0, 0.05) is 54.7 Å². The molecule has 0 aliphatic heterocycles. The van der Waals surface area contributed by atoms with Crippen molar-refractivity contribution in [3.05, 3.63) is 212 Å². The summed E-state index contributed by atoms with van der Waals surface area (Å²) in [6.45, 7) is 0. The molecule has 0 bridgehead atoms. The molecule has 5 heterocycles. The second-order valence-electron chi connectivity index (χ2n) is 16.5. The number of hydrogen-bond donors (Lipinski definition) is 0. The third-order valence-corrected chi connectivity index (χ3v) is 13.1. The van der Waals surface area contributed by atoms with E-state index in [4.69, 9.17) is 14.4 Å². The molecule has 6 nitrogen and oxygen atoms in total. The molecule has 0 spiro atoms. The normalized spacial score (nSPS) is 12.1. The number of benzene rings is 9. The van der Waals surface area contributed by atoms with Crippen molar-refractivity contribution in [1.29, 1.82) is 0 Å². The molecule has 14 rings (SSSR count). The van der Waals surface area contributed by atoms with Gasteiger partial charge in [-0.15, -0.1) is 0 Å². The molecule has 0 radical (unpaired) electrons. The Morgan fingerprint density at radius 1 is 0.312 bits per heavy atom. The van der Waals surface area contributed by atoms with Crippen LogP contribution in [-0.4, -0.2) is 23.7 Å². The van der Waals surface area contributed by atoms with Gasteiger partial charge in [-0.05, 0) is 54.1 Å². The summed E-state index contributed by atoms with van der Waals surface area (Å²) in [6.07, 6.45) is 0. The summed E-state index contributed by atoms with van der Waals surface area (Å²) >= 11 is 0. The van der Waals surface area contributed by atoms with Crippen molar-refractivity contribution >= 4 is 87.4 Å². The van der Waals surface area contributed by atoms with Crippen molar-refractivity contribution in [2.24, 2.45) is 0 Å². The Balaban J connectivity index is 1.17. The van der Waals surface area contributed by atoms with Gasteiger partial charge in [0.05, 0.1) is 44.4 Å². The highest BCUT2D eigenvalue weighted by atomic mass is 16.3. The average Bonchev–Trinajstić information content (AvgIpc) is 4.10. The van der Waals surface area contributed by atoms with Crippen LogP contribution in [0.4, 0.5) is 0 Å². The Bertz CT molecular complexity index is 3930. The van der Waals surface area contributed by atoms with E-state index in [-0.39, 0.29) is 0 Å². The lowest BCUT2D eigenvalue weighted by atomic mass is 9.95. The van der Waals surface area contributed by atoms with Gasteiger partial charge in [0.15, 0.2) is 5.82 Å². The van der Waals surface area contributed by atoms with Gasteiger partial charge in [0.2, 0.25) is 0 Å². The molecule has 0 atom stereocenters. The highest BCUT2D eigenvalue weighted by Gasteiger charge is 2.26. The van der Waals surface area contributed by atoms with Gasteiger partial charge in [-0.3, -0.25) is 9.13 Å². The number of rotatable bonds is 5. The number of fused-ring (bicyclic) bond motifs is 12. The minimum absolute atomic E-state index is 0.594. The Morgan fingerprint density at radius 3 is 1.17 bits per heavy atom. The lowest BCUT2D eigenvalue weighted by Gasteiger charge is -2.19. The predicted molar refractivity (Wildman–Crippen MR) is 263 cm³/mol. The summed E-state index contributed by atoms with van der Waals surface area (Å²) in [6, 6.07) is 75.3. The minimum Gasteiger partial charge on any atom is -0.455 e. The molecule has 0 saturated carbocycles. The lowest BCUT2D eigenvalue weighted by Crippen LogP contribution is -2.08. The van der Waals surface area contributed by atoms with Crippen LogP contribution >= 0.6 is 0 Å². The largest absolute Gasteiger partial charge is 0.455 e. The summed E-state index contributed by atoms with van der Waals surface area (Å²) in [5, 5.41) is 9.17. The minimum atomic E-state index is 0.594. The predicted octanol–water partition coefficient (Wildman–Crippen LogP) is 15.0. The van der Waals surface area contributed by atoms with Crippen LogP contribution in [0.5, 0.6) is 0 Å². The van der Waals surface area contributed by atoms with E-state index in [1.54, 1.807) is 0 Å². The molecule has 14 aromatic rings. The zero-order chi connectivity index (χ0) is 41.9. The van der Waals surface area contributed by atoms with Gasteiger partial charge in [-0.1, -0.05) is 158 Å². The van der Waals surface area contributed by atoms with Crippen LogP contribution in [0.15, 0.2) is 217 Å². The van der Waals surface area contributed by atoms with E-state index in [1.165, 1.54) is 32.3 Å². The van der Waals surface area contributed by atoms with Crippen LogP contribution in [0.3, 0.4) is 0 Å². The van der Waals surface area contributed by atoms with Crippen LogP contribution in [0.2, 0.25) is 0 Å². The number of nitrogens with zero attached hydrogens (tertiary/aromatic N) is 5. The van der Waals surface area contributed by atoms with Gasteiger partial charge in [-0.2, -0.15) is 0 Å². The first-order valence-electron chi connectivity index (χ1n) is 21.7. The zero-order valence-corrected chi connectivity index (χ0v) is 34.4. The molecule has 0 saturated heterocycles. The molecular formula is C58H35N5O. The number of hydrogen-bond acceptors (Lipinski definition) is 3. The van der Waals surface area contributed by atoms with Crippen molar-refractivity contribution in [2.75, 3.05) is 0 Å². The molecule has 64 heavy (non-hydrogen) atoms. The molecule has 0 N–H and O–H groups in total. The van der Waals surface area contributed by atoms with E-state index in [0.717, 1.165) is 89.1 Å². The fourth-order valence-electron chi connectivity index (χ4n) is 10.4. The highest BCUT2D eigenvalue weighted by Crippen LogP contribution is 2.45. The Morgan fingerprint density at radius 2 is 0.688 bits per heavy atom. The van der Waals surface area contributed by atoms with E-state index in [0.29, 0.717) is 5.82 Å². The van der Waals surface area contributed by atoms with Gasteiger partial charge in [0.25, 0.3) is 0 Å². The standard InChI is InChI=1S/C58H35N5O/c1-8-27-46-36(17-1)37-18-2-9-28-47(37)61(46)52-33-16-24-43(45-26-15-25-44-42-23-7-14-34-53(42)64-57(44)45)56(52)58-59-54(62-48-29-10-3-19-38(48)39-20-4-11-30-49(39)62)35-55(60-58)63-50-31-12-5-21-40(50)41-22-6-13-32-51(41)63/h1-35H. The maximum Gasteiger partial charge on any atom is 0.166 e. The molecule has 0 amide bonds. The summed E-state index contributed by atoms with van der Waals surface area (Å²) < 4.78 is 13.8. The maximum atomic E-state index is 6.80. The van der Waals surface area contributed by atoms with Crippen LogP contribution in [-0.2, 0) is 0 Å². The molecule has 0 unspecified atom stereocenters. The maximum absolute atomic E-state index is 6.80. The lowest BCUT2D eigenvalue weighted by molar-refractivity contribution is 0.670. The highest BCUT2D eigenvalue weighted by molar-refractivity contribution is 6.14. The van der Waals surface area contributed by atoms with E-state index >= 15 is 0 Å². The number of para-hydroxylation sites is 8. The van der Waals surface area contributed by atoms with Crippen LogP contribution in [0, 0.1) is 0 Å². The molecule has 298 valence electrons. The topological polar surface area (TPSA) is 53.7 Å². The summed E-state index contributed by atoms with van der Waals surface area (Å²) in [4.78, 5) is 11.5. The van der Waals surface area contributed by atoms with E-state index in [9.17, 15) is 0 Å². The molecule has 0 aliphatic rings. The van der Waals surface area contributed by atoms with Crippen molar-refractivity contribution in [2.45, 2.75) is 0 Å². The fourth-order valence-corrected chi connectivity index (χ4v) is 10.4. The first-order valence-corrected chi connectivity index (χ1v) is 21.7. The molecule has 0 aliphatic carbocycles. The van der Waals surface area contributed by atoms with Gasteiger partial charge < -0.3 is 8.98 Å². The first kappa shape index (κ1) is 34.9. The molecule has 6 heteroatoms. The monoisotopic (exact) mass is 817 g/mol. The number of furan rings is 1. The summed E-state index contributed by atoms with van der Waals surface area (Å²) in [7, 11) is 0. The second kappa shape index (κ2) is 13.4. The van der Waals surface area contributed by atoms with Gasteiger partial charge in [0.1, 0.15) is 22.8 Å². The Kier molecular flexibility index (Phi) is 7.30. The van der Waals surface area contributed by atoms with E-state index in [2.05, 4.69) is 214 Å². The molecule has 0 fully saturated rings. The van der Waals surface area contributed by atoms with Crippen LogP contribution < -0.4 is 0 Å². The zero-order valence-electron chi connectivity index (χ0n) is 34.4. The quantitative estimate of drug-likeness (QED) is 0.174. The third-order valence-electron chi connectivity index (χ3n) is 13.1. The second-order valence-corrected chi connectivity index (χ2v) is 16.5. The van der Waals surface area contributed by atoms with E-state index < -0.39 is 0 Å². The summed E-state index contributed by atoms with van der Waals surface area (Å²) in [5.41, 5.74) is 12.0. The van der Waals surface area contributed by atoms with Crippen molar-refractivity contribution < 1.29 is 4.42 Å². The number of aromatic nitrogens is 5. The third kappa shape index (κ3) is 4.90. The molecular weight excluding hydrogens is 783 g/mol. The SMILES string of the molecule is c1cc(-c2cccc3c2oc2ccccc23)c(-c2nc(-n3c4ccccc4c4ccccc43)cc(-n3c4ccccc4c4ccccc43)n2)c(-n2c3ccccc3c3ccccc32)c1.